The standard InChI is InChI=1S/C5H5N.2N3.H3N.2H2O.Pt/c1-2-4-6-5-3-1;2*1-3-2;;;;/h1-5H;;;1H3;2*1H2;/q;2*-1;;;;+4/p-2. The fraction of sp³-hybridized carbons (Fsp3) is 0. The molecule has 1 rings (SSSR count). The molecule has 0 aromatic carbocycles. The van der Waals surface area contributed by atoms with Gasteiger partial charge < -0.3 is 39.2 Å². The zero-order valence-electron chi connectivity index (χ0n) is 7.94. The number of hydrogen-bond donors (Lipinski definition) is 1. The number of nitrogens with zero attached hydrogens (tertiary/aromatic N) is 7. The van der Waals surface area contributed by atoms with E-state index in [-0.39, 0.29) is 38.2 Å². The van der Waals surface area contributed by atoms with E-state index >= 15 is 0 Å². The summed E-state index contributed by atoms with van der Waals surface area (Å²) in [6.07, 6.45) is 3.50. The van der Waals surface area contributed by atoms with Crippen LogP contribution in [0.1, 0.15) is 0 Å². The molecular formula is C5H10N8O2Pt. The number of aromatic nitrogens is 1. The Morgan fingerprint density at radius 2 is 1.00 bits per heavy atom. The molecule has 0 aliphatic carbocycles. The Bertz CT molecular complexity index is 207. The molecule has 0 saturated carbocycles. The minimum atomic E-state index is 0. The van der Waals surface area contributed by atoms with Gasteiger partial charge in [-0.1, -0.05) is 6.07 Å². The number of pyridine rings is 1. The molecule has 92 valence electrons. The number of hydrogen-bond acceptors (Lipinski definition) is 4. The first-order valence-corrected chi connectivity index (χ1v) is 2.65. The summed E-state index contributed by atoms with van der Waals surface area (Å²) < 4.78 is 0. The molecule has 1 aromatic heterocycles. The van der Waals surface area contributed by atoms with Gasteiger partial charge in [0.2, 0.25) is 0 Å². The fourth-order valence-corrected chi connectivity index (χ4v) is 0.313. The molecule has 0 aliphatic rings. The Kier molecular flexibility index (Phi) is 116. The van der Waals surface area contributed by atoms with Gasteiger partial charge in [0, 0.05) is 12.4 Å². The van der Waals surface area contributed by atoms with Gasteiger partial charge >= 0.3 is 21.1 Å². The minimum absolute atomic E-state index is 0. The van der Waals surface area contributed by atoms with Crippen LogP contribution in [0, 0.1) is 0 Å². The Labute approximate surface area is 106 Å². The molecule has 1 aromatic rings. The number of rotatable bonds is 0. The van der Waals surface area contributed by atoms with Gasteiger partial charge in [-0.15, -0.1) is 0 Å². The molecule has 16 heavy (non-hydrogen) atoms. The van der Waals surface area contributed by atoms with Crippen LogP contribution in [0.3, 0.4) is 0 Å². The van der Waals surface area contributed by atoms with Crippen molar-refractivity contribution < 1.29 is 32.0 Å². The van der Waals surface area contributed by atoms with E-state index in [2.05, 4.69) is 4.98 Å². The van der Waals surface area contributed by atoms with Crippen LogP contribution in [-0.2, 0) is 21.1 Å². The summed E-state index contributed by atoms with van der Waals surface area (Å²) in [5.74, 6) is 0. The van der Waals surface area contributed by atoms with Crippen molar-refractivity contribution in [3.8, 4) is 0 Å². The van der Waals surface area contributed by atoms with Crippen molar-refractivity contribution in [2.75, 3.05) is 0 Å². The van der Waals surface area contributed by atoms with Crippen molar-refractivity contribution >= 4 is 0 Å². The zero-order chi connectivity index (χ0) is 9.66. The summed E-state index contributed by atoms with van der Waals surface area (Å²) in [7, 11) is 0. The SMILES string of the molecule is N.[N-]=[N+]=[N-].[N-]=[N+]=[N-].[OH-].[OH-].[Pt+4].c1ccncc1. The average molecular weight is 409 g/mol. The predicted octanol–water partition coefficient (Wildman–Crippen LogP) is 2.62. The van der Waals surface area contributed by atoms with Crippen LogP contribution in [0.2, 0.25) is 0 Å². The van der Waals surface area contributed by atoms with Gasteiger partial charge in [0.1, 0.15) is 0 Å². The van der Waals surface area contributed by atoms with Crippen molar-refractivity contribution in [1.82, 2.24) is 11.1 Å². The summed E-state index contributed by atoms with van der Waals surface area (Å²) in [5, 5.41) is 0. The third-order valence-corrected chi connectivity index (χ3v) is 0.566. The van der Waals surface area contributed by atoms with Crippen LogP contribution < -0.4 is 6.15 Å². The molecule has 0 unspecified atom stereocenters. The molecule has 10 nitrogen and oxygen atoms in total. The molecular weight excluding hydrogens is 399 g/mol. The first kappa shape index (κ1) is 36.7. The minimum Gasteiger partial charge on any atom is -0.870 e. The first-order valence-electron chi connectivity index (χ1n) is 2.65. The van der Waals surface area contributed by atoms with Crippen molar-refractivity contribution in [3.63, 3.8) is 0 Å². The van der Waals surface area contributed by atoms with Gasteiger partial charge in [-0.05, 0) is 12.1 Å². The maximum atomic E-state index is 6.75. The fourth-order valence-electron chi connectivity index (χ4n) is 0.313. The largest absolute Gasteiger partial charge is 4.00 e. The molecule has 11 heteroatoms. The van der Waals surface area contributed by atoms with E-state index < -0.39 is 0 Å². The normalized spacial score (nSPS) is 4.00. The van der Waals surface area contributed by atoms with Gasteiger partial charge in [-0.2, -0.15) is 0 Å². The Morgan fingerprint density at radius 3 is 1.06 bits per heavy atom. The van der Waals surface area contributed by atoms with Crippen LogP contribution in [0.5, 0.6) is 0 Å². The summed E-state index contributed by atoms with van der Waals surface area (Å²) in [6.45, 7) is 0. The van der Waals surface area contributed by atoms with E-state index in [9.17, 15) is 0 Å². The summed E-state index contributed by atoms with van der Waals surface area (Å²) >= 11 is 0. The van der Waals surface area contributed by atoms with Crippen LogP contribution >= 0.6 is 0 Å². The second-order valence-corrected chi connectivity index (χ2v) is 1.20. The molecule has 0 fully saturated rings. The second kappa shape index (κ2) is 50.5. The van der Waals surface area contributed by atoms with E-state index in [0.717, 1.165) is 0 Å². The maximum absolute atomic E-state index is 6.75. The molecule has 0 radical (unpaired) electrons. The third-order valence-electron chi connectivity index (χ3n) is 0.566. The monoisotopic (exact) mass is 409 g/mol. The average Bonchev–Trinajstić information content (AvgIpc) is 2.10. The molecule has 1 heterocycles. The summed E-state index contributed by atoms with van der Waals surface area (Å²) in [6, 6.07) is 5.72. The zero-order valence-corrected chi connectivity index (χ0v) is 10.2. The van der Waals surface area contributed by atoms with Crippen molar-refractivity contribution in [2.45, 2.75) is 0 Å². The molecule has 0 atom stereocenters. The molecule has 0 saturated heterocycles. The van der Waals surface area contributed by atoms with E-state index in [4.69, 9.17) is 22.1 Å². The second-order valence-electron chi connectivity index (χ2n) is 1.20. The van der Waals surface area contributed by atoms with Crippen molar-refractivity contribution in [1.29, 1.82) is 0 Å². The van der Waals surface area contributed by atoms with E-state index in [1.54, 1.807) is 12.4 Å². The quantitative estimate of drug-likeness (QED) is 0.387. The van der Waals surface area contributed by atoms with Crippen LogP contribution in [0.4, 0.5) is 0 Å². The van der Waals surface area contributed by atoms with Gasteiger partial charge in [-0.25, -0.2) is 0 Å². The van der Waals surface area contributed by atoms with Crippen LogP contribution in [0.15, 0.2) is 30.6 Å². The Morgan fingerprint density at radius 1 is 0.750 bits per heavy atom. The molecule has 0 amide bonds. The molecule has 5 N–H and O–H groups in total. The van der Waals surface area contributed by atoms with Gasteiger partial charge in [0.25, 0.3) is 0 Å². The van der Waals surface area contributed by atoms with Gasteiger partial charge in [0.05, 0.1) is 0 Å². The smallest absolute Gasteiger partial charge is 0.870 e. The topological polar surface area (TPSA) is 225 Å². The van der Waals surface area contributed by atoms with Crippen molar-refractivity contribution in [2.24, 2.45) is 0 Å². The summed E-state index contributed by atoms with van der Waals surface area (Å²) in [4.78, 5) is 6.78. The molecule has 0 spiro atoms. The Balaban J connectivity index is -0.0000000227. The summed E-state index contributed by atoms with van der Waals surface area (Å²) in [5.41, 5.74) is 27.0. The predicted molar refractivity (Wildman–Crippen MR) is 53.3 cm³/mol. The third kappa shape index (κ3) is 84.3. The van der Waals surface area contributed by atoms with E-state index in [0.29, 0.717) is 0 Å². The van der Waals surface area contributed by atoms with E-state index in [1.165, 1.54) is 9.82 Å². The van der Waals surface area contributed by atoms with E-state index in [1.807, 2.05) is 18.2 Å². The van der Waals surface area contributed by atoms with Gasteiger partial charge in [0.15, 0.2) is 0 Å². The van der Waals surface area contributed by atoms with Gasteiger partial charge in [-0.3, -0.25) is 14.8 Å². The van der Waals surface area contributed by atoms with Crippen LogP contribution in [-0.4, -0.2) is 15.9 Å². The molecule has 0 aliphatic heterocycles. The van der Waals surface area contributed by atoms with Crippen molar-refractivity contribution in [3.05, 3.63) is 62.5 Å². The molecule has 0 bridgehead atoms. The maximum Gasteiger partial charge on any atom is 4.00 e. The Hall–Kier alpha value is -1.66. The van der Waals surface area contributed by atoms with Crippen LogP contribution in [0.25, 0.3) is 31.9 Å². The first-order chi connectivity index (χ1) is 5.83.